The molecule has 0 heterocycles. The minimum absolute atomic E-state index is 0.706. The molecule has 0 aliphatic rings. The molecule has 136 valence electrons. The van der Waals surface area contributed by atoms with E-state index >= 15 is 0 Å². The van der Waals surface area contributed by atoms with Crippen molar-refractivity contribution in [2.75, 3.05) is 0 Å². The molecule has 0 unspecified atom stereocenters. The van der Waals surface area contributed by atoms with Crippen LogP contribution in [0.2, 0.25) is 0 Å². The number of nitrogens with zero attached hydrogens (tertiary/aromatic N) is 1. The average molecular weight is 1020 g/mol. The van der Waals surface area contributed by atoms with Gasteiger partial charge in [-0.3, -0.25) is 0 Å². The monoisotopic (exact) mass is 1020 g/mol. The minimum atomic E-state index is 0.706. The van der Waals surface area contributed by atoms with Crippen LogP contribution in [0.3, 0.4) is 0 Å². The molecule has 0 aromatic heterocycles. The second-order valence-electron chi connectivity index (χ2n) is 5.81. The van der Waals surface area contributed by atoms with E-state index in [0.29, 0.717) is 5.56 Å². The molecule has 0 saturated heterocycles. The molecule has 0 spiro atoms. The minimum Gasteiger partial charge on any atom is -0.192 e. The third kappa shape index (κ3) is 5.06. The summed E-state index contributed by atoms with van der Waals surface area (Å²) < 4.78 is 7.27. The normalized spacial score (nSPS) is 10.7. The number of benzene rings is 3. The van der Waals surface area contributed by atoms with E-state index in [9.17, 15) is 5.26 Å². The van der Waals surface area contributed by atoms with E-state index in [1.165, 1.54) is 42.1 Å². The highest BCUT2D eigenvalue weighted by Gasteiger charge is 2.16. The first-order valence-corrected chi connectivity index (χ1v) is 14.0. The summed E-state index contributed by atoms with van der Waals surface area (Å²) in [6.45, 7) is 2.17. The number of hydrogen-bond acceptors (Lipinski definition) is 1. The Morgan fingerprint density at radius 3 is 1.30 bits per heavy atom. The molecule has 27 heavy (non-hydrogen) atoms. The second kappa shape index (κ2) is 9.77. The van der Waals surface area contributed by atoms with Gasteiger partial charge in [0.1, 0.15) is 0 Å². The van der Waals surface area contributed by atoms with Gasteiger partial charge in [0.05, 0.1) is 11.6 Å². The van der Waals surface area contributed by atoms with E-state index in [-0.39, 0.29) is 0 Å². The third-order valence-corrected chi connectivity index (χ3v) is 9.72. The maximum Gasteiger partial charge on any atom is 0.0992 e. The lowest BCUT2D eigenvalue weighted by atomic mass is 9.99. The molecule has 0 amide bonds. The van der Waals surface area contributed by atoms with Gasteiger partial charge >= 0.3 is 0 Å². The molecule has 0 bridgehead atoms. The van der Waals surface area contributed by atoms with E-state index in [1.54, 1.807) is 0 Å². The second-order valence-corrected chi connectivity index (χ2v) is 12.8. The fourth-order valence-corrected chi connectivity index (χ4v) is 9.25. The van der Waals surface area contributed by atoms with Gasteiger partial charge in [-0.2, -0.15) is 5.26 Å². The van der Waals surface area contributed by atoms with Gasteiger partial charge in [-0.1, -0.05) is 0 Å². The fourth-order valence-electron chi connectivity index (χ4n) is 2.70. The highest BCUT2D eigenvalue weighted by atomic mass is 127. The van der Waals surface area contributed by atoms with Crippen LogP contribution in [0.4, 0.5) is 0 Å². The van der Waals surface area contributed by atoms with Gasteiger partial charge in [0.15, 0.2) is 0 Å². The molecule has 3 rings (SSSR count). The standard InChI is InChI=1S/C20H9I6N/c1-9-13(21)4-11(5-14(9)22)20-17(25)6-12(7-18(20)26)19-15(23)2-10(8-27)3-16(19)24/h2-7H,1H3. The van der Waals surface area contributed by atoms with Crippen molar-refractivity contribution < 1.29 is 0 Å². The van der Waals surface area contributed by atoms with Gasteiger partial charge < -0.3 is 0 Å². The quantitative estimate of drug-likeness (QED) is 0.236. The Bertz CT molecular complexity index is 1040. The van der Waals surface area contributed by atoms with Crippen LogP contribution in [0.15, 0.2) is 36.4 Å². The van der Waals surface area contributed by atoms with Crippen LogP contribution in [-0.4, -0.2) is 0 Å². The summed E-state index contributed by atoms with van der Waals surface area (Å²) in [5.74, 6) is 0. The van der Waals surface area contributed by atoms with Gasteiger partial charge in [0, 0.05) is 32.5 Å². The molecule has 0 aliphatic carbocycles. The number of halogens is 6. The van der Waals surface area contributed by atoms with Gasteiger partial charge in [0.2, 0.25) is 0 Å². The SMILES string of the molecule is Cc1c(I)cc(-c2c(I)cc(-c3c(I)cc(C#N)cc3I)cc2I)cc1I. The summed E-state index contributed by atoms with van der Waals surface area (Å²) in [4.78, 5) is 0. The Balaban J connectivity index is 2.19. The van der Waals surface area contributed by atoms with E-state index < -0.39 is 0 Å². The lowest BCUT2D eigenvalue weighted by Gasteiger charge is -2.15. The summed E-state index contributed by atoms with van der Waals surface area (Å²) in [6.07, 6.45) is 0. The van der Waals surface area contributed by atoms with Crippen molar-refractivity contribution >= 4 is 136 Å². The lowest BCUT2D eigenvalue weighted by Crippen LogP contribution is -1.96. The first kappa shape index (κ1) is 23.2. The predicted molar refractivity (Wildman–Crippen MR) is 163 cm³/mol. The maximum absolute atomic E-state index is 9.20. The largest absolute Gasteiger partial charge is 0.192 e. The van der Waals surface area contributed by atoms with Gasteiger partial charge in [-0.15, -0.1) is 0 Å². The summed E-state index contributed by atoms with van der Waals surface area (Å²) in [5.41, 5.74) is 6.99. The summed E-state index contributed by atoms with van der Waals surface area (Å²) in [5, 5.41) is 9.20. The average Bonchev–Trinajstić information content (AvgIpc) is 2.58. The lowest BCUT2D eigenvalue weighted by molar-refractivity contribution is 1.38. The summed E-state index contributed by atoms with van der Waals surface area (Å²) in [6, 6.07) is 15.2. The molecule has 3 aromatic carbocycles. The Morgan fingerprint density at radius 1 is 0.593 bits per heavy atom. The molecule has 0 aliphatic heterocycles. The topological polar surface area (TPSA) is 23.8 Å². The summed E-state index contributed by atoms with van der Waals surface area (Å²) >= 11 is 14.4. The molecular formula is C20H9I6N. The molecule has 0 radical (unpaired) electrons. The van der Waals surface area contributed by atoms with Crippen molar-refractivity contribution in [2.45, 2.75) is 6.92 Å². The Morgan fingerprint density at radius 2 is 0.926 bits per heavy atom. The zero-order valence-electron chi connectivity index (χ0n) is 13.7. The summed E-state index contributed by atoms with van der Waals surface area (Å²) in [7, 11) is 0. The van der Waals surface area contributed by atoms with Crippen LogP contribution in [0, 0.1) is 39.7 Å². The van der Waals surface area contributed by atoms with Crippen LogP contribution in [0.25, 0.3) is 22.3 Å². The fraction of sp³-hybridized carbons (Fsp3) is 0.0500. The zero-order valence-corrected chi connectivity index (χ0v) is 26.6. The molecular weight excluding hydrogens is 1020 g/mol. The van der Waals surface area contributed by atoms with Crippen LogP contribution >= 0.6 is 136 Å². The van der Waals surface area contributed by atoms with E-state index in [4.69, 9.17) is 0 Å². The van der Waals surface area contributed by atoms with Crippen molar-refractivity contribution in [3.8, 4) is 28.3 Å². The van der Waals surface area contributed by atoms with Gasteiger partial charge in [0.25, 0.3) is 0 Å². The molecule has 7 heteroatoms. The smallest absolute Gasteiger partial charge is 0.0992 e. The van der Waals surface area contributed by atoms with Gasteiger partial charge in [-0.05, 0) is 196 Å². The highest BCUT2D eigenvalue weighted by Crippen LogP contribution is 2.39. The van der Waals surface area contributed by atoms with Crippen LogP contribution < -0.4 is 0 Å². The van der Waals surface area contributed by atoms with E-state index in [1.807, 2.05) is 12.1 Å². The molecule has 0 fully saturated rings. The van der Waals surface area contributed by atoms with E-state index in [2.05, 4.69) is 173 Å². The molecule has 3 aromatic rings. The van der Waals surface area contributed by atoms with Crippen LogP contribution in [0.5, 0.6) is 0 Å². The number of rotatable bonds is 2. The van der Waals surface area contributed by atoms with Crippen molar-refractivity contribution in [1.82, 2.24) is 0 Å². The Hall–Kier alpha value is 1.53. The Labute approximate surface area is 240 Å². The number of hydrogen-bond donors (Lipinski definition) is 0. The van der Waals surface area contributed by atoms with Crippen LogP contribution in [0.1, 0.15) is 11.1 Å². The van der Waals surface area contributed by atoms with Crippen molar-refractivity contribution in [2.24, 2.45) is 0 Å². The number of nitriles is 1. The molecule has 0 N–H and O–H groups in total. The van der Waals surface area contributed by atoms with Crippen molar-refractivity contribution in [3.05, 3.63) is 68.9 Å². The first-order chi connectivity index (χ1) is 12.7. The highest BCUT2D eigenvalue weighted by molar-refractivity contribution is 14.1. The first-order valence-electron chi connectivity index (χ1n) is 7.57. The Kier molecular flexibility index (Phi) is 8.40. The molecule has 1 nitrogen and oxygen atoms in total. The van der Waals surface area contributed by atoms with E-state index in [0.717, 1.165) is 7.14 Å². The third-order valence-electron chi connectivity index (χ3n) is 4.07. The zero-order chi connectivity index (χ0) is 19.9. The van der Waals surface area contributed by atoms with Crippen molar-refractivity contribution in [3.63, 3.8) is 0 Å². The molecule has 0 atom stereocenters. The van der Waals surface area contributed by atoms with Gasteiger partial charge in [-0.25, -0.2) is 0 Å². The predicted octanol–water partition coefficient (Wildman–Crippen LogP) is 8.83. The van der Waals surface area contributed by atoms with Crippen molar-refractivity contribution in [1.29, 1.82) is 5.26 Å². The molecule has 0 saturated carbocycles. The van der Waals surface area contributed by atoms with Crippen LogP contribution in [-0.2, 0) is 0 Å². The maximum atomic E-state index is 9.20.